The van der Waals surface area contributed by atoms with Crippen LogP contribution in [0.2, 0.25) is 0 Å². The number of amides is 1. The van der Waals surface area contributed by atoms with Crippen molar-refractivity contribution in [2.24, 2.45) is 0 Å². The Hall–Kier alpha value is -2.62. The Morgan fingerprint density at radius 2 is 1.52 bits per heavy atom. The number of carbonyl (C=O) groups is 2. The van der Waals surface area contributed by atoms with Crippen molar-refractivity contribution in [2.75, 3.05) is 0 Å². The Balaban J connectivity index is 1.67. The normalized spacial score (nSPS) is 14.8. The maximum absolute atomic E-state index is 12.4. The average Bonchev–Trinajstić information content (AvgIpc) is 3.45. The van der Waals surface area contributed by atoms with Gasteiger partial charge in [-0.1, -0.05) is 60.7 Å². The molecule has 2 aromatic rings. The first kappa shape index (κ1) is 17.2. The van der Waals surface area contributed by atoms with Crippen LogP contribution in [-0.4, -0.2) is 24.0 Å². The molecule has 0 spiro atoms. The summed E-state index contributed by atoms with van der Waals surface area (Å²) in [6, 6.07) is 20.0. The van der Waals surface area contributed by atoms with E-state index in [1.54, 1.807) is 6.92 Å². The second-order valence-corrected chi connectivity index (χ2v) is 6.49. The second kappa shape index (κ2) is 7.97. The number of esters is 1. The van der Waals surface area contributed by atoms with Gasteiger partial charge >= 0.3 is 5.97 Å². The summed E-state index contributed by atoms with van der Waals surface area (Å²) in [5, 5.41) is 2.86. The Kier molecular flexibility index (Phi) is 5.49. The molecule has 2 aromatic carbocycles. The van der Waals surface area contributed by atoms with Crippen molar-refractivity contribution in [1.29, 1.82) is 0 Å². The molecule has 0 aromatic heterocycles. The van der Waals surface area contributed by atoms with Crippen LogP contribution in [0, 0.1) is 0 Å². The van der Waals surface area contributed by atoms with Crippen molar-refractivity contribution in [1.82, 2.24) is 5.32 Å². The third-order valence-corrected chi connectivity index (χ3v) is 4.38. The highest BCUT2D eigenvalue weighted by molar-refractivity contribution is 5.84. The zero-order valence-electron chi connectivity index (χ0n) is 14.4. The Labute approximate surface area is 148 Å². The van der Waals surface area contributed by atoms with Crippen LogP contribution in [0.15, 0.2) is 60.7 Å². The van der Waals surface area contributed by atoms with E-state index in [2.05, 4.69) is 5.32 Å². The summed E-state index contributed by atoms with van der Waals surface area (Å²) in [6.45, 7) is 1.62. The molecule has 1 aliphatic rings. The molecular formula is C21H23NO3. The van der Waals surface area contributed by atoms with Crippen LogP contribution in [0.5, 0.6) is 0 Å². The highest BCUT2D eigenvalue weighted by Gasteiger charge is 2.28. The van der Waals surface area contributed by atoms with Crippen molar-refractivity contribution >= 4 is 11.9 Å². The minimum Gasteiger partial charge on any atom is -0.453 e. The van der Waals surface area contributed by atoms with Crippen LogP contribution >= 0.6 is 0 Å². The summed E-state index contributed by atoms with van der Waals surface area (Å²) in [6.07, 6.45) is 1.46. The lowest BCUT2D eigenvalue weighted by atomic mass is 9.88. The number of ether oxygens (including phenoxy) is 1. The number of benzene rings is 2. The summed E-state index contributed by atoms with van der Waals surface area (Å²) in [4.78, 5) is 24.4. The summed E-state index contributed by atoms with van der Waals surface area (Å²) in [5.41, 5.74) is 2.11. The second-order valence-electron chi connectivity index (χ2n) is 6.49. The predicted octanol–water partition coefficient (Wildman–Crippen LogP) is 3.42. The van der Waals surface area contributed by atoms with Gasteiger partial charge in [0.1, 0.15) is 0 Å². The molecule has 0 unspecified atom stereocenters. The van der Waals surface area contributed by atoms with Gasteiger partial charge in [-0.05, 0) is 30.9 Å². The SMILES string of the molecule is C[C@H](OC(=O)CC(c1ccccc1)c1ccccc1)C(=O)NC1CC1. The molecule has 1 amide bonds. The van der Waals surface area contributed by atoms with Crippen LogP contribution in [0.3, 0.4) is 0 Å². The first-order valence-electron chi connectivity index (χ1n) is 8.73. The number of rotatable bonds is 7. The molecule has 0 radical (unpaired) electrons. The van der Waals surface area contributed by atoms with E-state index in [1.165, 1.54) is 0 Å². The fourth-order valence-electron chi connectivity index (χ4n) is 2.81. The van der Waals surface area contributed by atoms with Gasteiger partial charge in [-0.3, -0.25) is 9.59 Å². The van der Waals surface area contributed by atoms with Crippen LogP contribution < -0.4 is 5.32 Å². The quantitative estimate of drug-likeness (QED) is 0.788. The smallest absolute Gasteiger partial charge is 0.307 e. The summed E-state index contributed by atoms with van der Waals surface area (Å²) in [7, 11) is 0. The largest absolute Gasteiger partial charge is 0.453 e. The van der Waals surface area contributed by atoms with Gasteiger partial charge in [-0.25, -0.2) is 0 Å². The molecule has 1 N–H and O–H groups in total. The lowest BCUT2D eigenvalue weighted by Crippen LogP contribution is -2.37. The first-order valence-corrected chi connectivity index (χ1v) is 8.73. The standard InChI is InChI=1S/C21H23NO3/c1-15(21(24)22-18-12-13-18)25-20(23)14-19(16-8-4-2-5-9-16)17-10-6-3-7-11-17/h2-11,15,18-19H,12-14H2,1H3,(H,22,24)/t15-/m0/s1. The molecule has 4 nitrogen and oxygen atoms in total. The van der Waals surface area contributed by atoms with Gasteiger partial charge in [-0.15, -0.1) is 0 Å². The van der Waals surface area contributed by atoms with Crippen molar-refractivity contribution in [3.63, 3.8) is 0 Å². The molecule has 1 fully saturated rings. The van der Waals surface area contributed by atoms with Gasteiger partial charge < -0.3 is 10.1 Å². The molecule has 1 saturated carbocycles. The molecule has 0 heterocycles. The van der Waals surface area contributed by atoms with E-state index < -0.39 is 6.10 Å². The molecule has 1 atom stereocenters. The van der Waals surface area contributed by atoms with E-state index in [0.717, 1.165) is 24.0 Å². The number of hydrogen-bond acceptors (Lipinski definition) is 3. The van der Waals surface area contributed by atoms with Gasteiger partial charge in [0.25, 0.3) is 5.91 Å². The maximum Gasteiger partial charge on any atom is 0.307 e. The third-order valence-electron chi connectivity index (χ3n) is 4.38. The molecule has 0 aliphatic heterocycles. The van der Waals surface area contributed by atoms with E-state index in [9.17, 15) is 9.59 Å². The van der Waals surface area contributed by atoms with Crippen molar-refractivity contribution in [2.45, 2.75) is 44.2 Å². The number of hydrogen-bond donors (Lipinski definition) is 1. The number of nitrogens with one attached hydrogen (secondary N) is 1. The minimum absolute atomic E-state index is 0.0893. The van der Waals surface area contributed by atoms with Crippen molar-refractivity contribution in [3.05, 3.63) is 71.8 Å². The zero-order chi connectivity index (χ0) is 17.6. The van der Waals surface area contributed by atoms with E-state index in [4.69, 9.17) is 4.74 Å². The fourth-order valence-corrected chi connectivity index (χ4v) is 2.81. The van der Waals surface area contributed by atoms with E-state index in [0.29, 0.717) is 0 Å². The van der Waals surface area contributed by atoms with Crippen LogP contribution in [0.25, 0.3) is 0 Å². The number of carbonyl (C=O) groups excluding carboxylic acids is 2. The van der Waals surface area contributed by atoms with Crippen LogP contribution in [0.4, 0.5) is 0 Å². The Morgan fingerprint density at radius 3 is 2.00 bits per heavy atom. The Bertz CT molecular complexity index is 671. The van der Waals surface area contributed by atoms with Gasteiger partial charge in [0.15, 0.2) is 6.10 Å². The molecule has 1 aliphatic carbocycles. The fraction of sp³-hybridized carbons (Fsp3) is 0.333. The monoisotopic (exact) mass is 337 g/mol. The van der Waals surface area contributed by atoms with E-state index in [1.807, 2.05) is 60.7 Å². The highest BCUT2D eigenvalue weighted by atomic mass is 16.5. The lowest BCUT2D eigenvalue weighted by molar-refractivity contribution is -0.155. The molecule has 0 bridgehead atoms. The average molecular weight is 337 g/mol. The van der Waals surface area contributed by atoms with Crippen LogP contribution in [-0.2, 0) is 14.3 Å². The van der Waals surface area contributed by atoms with Crippen LogP contribution in [0.1, 0.15) is 43.2 Å². The molecule has 130 valence electrons. The van der Waals surface area contributed by atoms with E-state index in [-0.39, 0.29) is 30.3 Å². The Morgan fingerprint density at radius 1 is 1.00 bits per heavy atom. The zero-order valence-corrected chi connectivity index (χ0v) is 14.4. The van der Waals surface area contributed by atoms with Gasteiger partial charge in [-0.2, -0.15) is 0 Å². The summed E-state index contributed by atoms with van der Waals surface area (Å²) in [5.74, 6) is -0.670. The van der Waals surface area contributed by atoms with Gasteiger partial charge in [0, 0.05) is 12.0 Å². The van der Waals surface area contributed by atoms with Gasteiger partial charge in [0.2, 0.25) is 0 Å². The highest BCUT2D eigenvalue weighted by Crippen LogP contribution is 2.28. The first-order chi connectivity index (χ1) is 12.1. The molecule has 0 saturated heterocycles. The molecule has 3 rings (SSSR count). The topological polar surface area (TPSA) is 55.4 Å². The van der Waals surface area contributed by atoms with Gasteiger partial charge in [0.05, 0.1) is 6.42 Å². The van der Waals surface area contributed by atoms with E-state index >= 15 is 0 Å². The van der Waals surface area contributed by atoms with Crippen molar-refractivity contribution in [3.8, 4) is 0 Å². The molecule has 4 heteroatoms. The minimum atomic E-state index is -0.764. The summed E-state index contributed by atoms with van der Waals surface area (Å²) < 4.78 is 5.36. The maximum atomic E-state index is 12.4. The molecular weight excluding hydrogens is 314 g/mol. The van der Waals surface area contributed by atoms with Crippen molar-refractivity contribution < 1.29 is 14.3 Å². The molecule has 25 heavy (non-hydrogen) atoms. The predicted molar refractivity (Wildman–Crippen MR) is 96.1 cm³/mol. The summed E-state index contributed by atoms with van der Waals surface area (Å²) >= 11 is 0. The lowest BCUT2D eigenvalue weighted by Gasteiger charge is -2.19. The third kappa shape index (κ3) is 4.92.